The molecule has 0 heterocycles. The van der Waals surface area contributed by atoms with Gasteiger partial charge >= 0.3 is 0 Å². The van der Waals surface area contributed by atoms with Crippen LogP contribution < -0.4 is 0 Å². The first-order valence-corrected chi connectivity index (χ1v) is 11.0. The van der Waals surface area contributed by atoms with Crippen LogP contribution in [-0.4, -0.2) is 22.7 Å². The van der Waals surface area contributed by atoms with Crippen LogP contribution in [0.5, 0.6) is 0 Å². The van der Waals surface area contributed by atoms with Crippen LogP contribution in [0.4, 0.5) is 0 Å². The number of rotatable bonds is 8. The molecule has 0 atom stereocenters. The minimum atomic E-state index is -0.356. The summed E-state index contributed by atoms with van der Waals surface area (Å²) < 4.78 is 0. The number of halogens is 4. The second-order valence-electron chi connectivity index (χ2n) is 5.18. The molecule has 1 N–H and O–H groups in total. The van der Waals surface area contributed by atoms with Crippen LogP contribution in [0.25, 0.3) is 0 Å². The van der Waals surface area contributed by atoms with Gasteiger partial charge in [0.15, 0.2) is 0 Å². The Hall–Kier alpha value is 0.260. The monoisotopic (exact) mass is 440 g/mol. The van der Waals surface area contributed by atoms with Gasteiger partial charge in [-0.15, -0.1) is 0 Å². The van der Waals surface area contributed by atoms with E-state index in [-0.39, 0.29) is 6.10 Å². The van der Waals surface area contributed by atoms with Gasteiger partial charge in [-0.1, -0.05) is 58.5 Å². The highest BCUT2D eigenvalue weighted by Gasteiger charge is 2.07. The zero-order valence-electron chi connectivity index (χ0n) is 12.6. The molecule has 7 heteroatoms. The fourth-order valence-electron chi connectivity index (χ4n) is 1.93. The van der Waals surface area contributed by atoms with Gasteiger partial charge in [0, 0.05) is 23.0 Å². The number of benzene rings is 2. The molecule has 0 bridgehead atoms. The Balaban J connectivity index is 1.66. The quantitative estimate of drug-likeness (QED) is 0.484. The van der Waals surface area contributed by atoms with Crippen molar-refractivity contribution in [1.29, 1.82) is 0 Å². The molecule has 0 saturated carbocycles. The maximum atomic E-state index is 10.1. The van der Waals surface area contributed by atoms with Gasteiger partial charge in [-0.2, -0.15) is 23.5 Å². The lowest BCUT2D eigenvalue weighted by Gasteiger charge is -2.10. The highest BCUT2D eigenvalue weighted by molar-refractivity contribution is 7.99. The minimum Gasteiger partial charge on any atom is -0.391 e. The molecule has 130 valence electrons. The second kappa shape index (κ2) is 10.4. The fraction of sp³-hybridized carbons (Fsp3) is 0.294. The van der Waals surface area contributed by atoms with Crippen molar-refractivity contribution >= 4 is 69.9 Å². The first-order valence-electron chi connectivity index (χ1n) is 7.17. The first-order chi connectivity index (χ1) is 11.5. The predicted molar refractivity (Wildman–Crippen MR) is 111 cm³/mol. The van der Waals surface area contributed by atoms with E-state index in [0.717, 1.165) is 22.6 Å². The van der Waals surface area contributed by atoms with Gasteiger partial charge < -0.3 is 5.11 Å². The molecule has 0 spiro atoms. The predicted octanol–water partition coefficient (Wildman–Crippen LogP) is 6.83. The van der Waals surface area contributed by atoms with E-state index in [9.17, 15) is 5.11 Å². The number of hydrogen-bond acceptors (Lipinski definition) is 3. The number of thioether (sulfide) groups is 2. The topological polar surface area (TPSA) is 20.2 Å². The van der Waals surface area contributed by atoms with E-state index in [1.165, 1.54) is 0 Å². The molecule has 0 aromatic heterocycles. The van der Waals surface area contributed by atoms with Crippen molar-refractivity contribution in [3.05, 3.63) is 67.6 Å². The summed E-state index contributed by atoms with van der Waals surface area (Å²) in [5.41, 5.74) is 2.20. The van der Waals surface area contributed by atoms with Gasteiger partial charge in [0.1, 0.15) is 0 Å². The van der Waals surface area contributed by atoms with Crippen LogP contribution in [-0.2, 0) is 11.5 Å². The van der Waals surface area contributed by atoms with Crippen molar-refractivity contribution in [2.75, 3.05) is 11.5 Å². The van der Waals surface area contributed by atoms with Crippen molar-refractivity contribution in [3.63, 3.8) is 0 Å². The van der Waals surface area contributed by atoms with Gasteiger partial charge in [-0.25, -0.2) is 0 Å². The number of aliphatic hydroxyl groups excluding tert-OH is 1. The third kappa shape index (κ3) is 6.87. The summed E-state index contributed by atoms with van der Waals surface area (Å²) in [4.78, 5) is 0. The molecule has 2 rings (SSSR count). The molecule has 1 nitrogen and oxygen atoms in total. The van der Waals surface area contributed by atoms with Gasteiger partial charge in [0.2, 0.25) is 0 Å². The van der Waals surface area contributed by atoms with E-state index in [1.807, 2.05) is 24.3 Å². The van der Waals surface area contributed by atoms with Crippen LogP contribution in [0.3, 0.4) is 0 Å². The zero-order valence-corrected chi connectivity index (χ0v) is 17.3. The fourth-order valence-corrected chi connectivity index (χ4v) is 4.57. The van der Waals surface area contributed by atoms with Crippen LogP contribution in [0, 0.1) is 0 Å². The molecule has 24 heavy (non-hydrogen) atoms. The van der Waals surface area contributed by atoms with E-state index >= 15 is 0 Å². The second-order valence-corrected chi connectivity index (χ2v) is 8.87. The van der Waals surface area contributed by atoms with Crippen LogP contribution in [0.15, 0.2) is 36.4 Å². The van der Waals surface area contributed by atoms with Crippen LogP contribution in [0.1, 0.15) is 11.1 Å². The van der Waals surface area contributed by atoms with E-state index < -0.39 is 0 Å². The molecular formula is C17H16Cl4OS2. The van der Waals surface area contributed by atoms with Crippen molar-refractivity contribution in [1.82, 2.24) is 0 Å². The summed E-state index contributed by atoms with van der Waals surface area (Å²) in [7, 11) is 0. The summed E-state index contributed by atoms with van der Waals surface area (Å²) in [6.45, 7) is 0. The van der Waals surface area contributed by atoms with E-state index in [1.54, 1.807) is 35.7 Å². The lowest BCUT2D eigenvalue weighted by atomic mass is 10.2. The largest absolute Gasteiger partial charge is 0.391 e. The van der Waals surface area contributed by atoms with Crippen LogP contribution in [0.2, 0.25) is 20.1 Å². The smallest absolute Gasteiger partial charge is 0.0721 e. The summed E-state index contributed by atoms with van der Waals surface area (Å²) in [6.07, 6.45) is -0.356. The molecule has 0 aliphatic rings. The van der Waals surface area contributed by atoms with E-state index in [0.29, 0.717) is 31.6 Å². The Morgan fingerprint density at radius 2 is 1.12 bits per heavy atom. The zero-order chi connectivity index (χ0) is 17.5. The molecule has 0 aliphatic heterocycles. The minimum absolute atomic E-state index is 0.356. The molecule has 0 radical (unpaired) electrons. The third-order valence-corrected chi connectivity index (χ3v) is 6.92. The summed E-state index contributed by atoms with van der Waals surface area (Å²) in [5, 5.41) is 12.3. The molecule has 2 aromatic carbocycles. The Bertz CT molecular complexity index is 624. The highest BCUT2D eigenvalue weighted by Crippen LogP contribution is 2.26. The average Bonchev–Trinajstić information content (AvgIpc) is 2.54. The molecule has 0 unspecified atom stereocenters. The number of aliphatic hydroxyl groups is 1. The summed E-state index contributed by atoms with van der Waals surface area (Å²) >= 11 is 27.1. The lowest BCUT2D eigenvalue weighted by molar-refractivity contribution is 0.225. The molecular weight excluding hydrogens is 426 g/mol. The highest BCUT2D eigenvalue weighted by atomic mass is 35.5. The Kier molecular flexibility index (Phi) is 8.93. The Morgan fingerprint density at radius 3 is 1.50 bits per heavy atom. The van der Waals surface area contributed by atoms with Crippen molar-refractivity contribution in [3.8, 4) is 0 Å². The van der Waals surface area contributed by atoms with Crippen molar-refractivity contribution in [2.45, 2.75) is 17.6 Å². The molecule has 0 saturated heterocycles. The molecule has 0 amide bonds. The first kappa shape index (κ1) is 20.6. The summed E-state index contributed by atoms with van der Waals surface area (Å²) in [6, 6.07) is 11.2. The molecule has 2 aromatic rings. The standard InChI is InChI=1S/C17H16Cl4OS2/c18-14-3-1-11(5-16(14)20)7-23-9-13(22)10-24-8-12-2-4-15(19)17(21)6-12/h1-6,13,22H,7-10H2. The van der Waals surface area contributed by atoms with Gasteiger partial charge in [0.05, 0.1) is 26.2 Å². The summed E-state index contributed by atoms with van der Waals surface area (Å²) in [5.74, 6) is 2.94. The Labute approximate surface area is 171 Å². The van der Waals surface area contributed by atoms with Crippen molar-refractivity contribution in [2.24, 2.45) is 0 Å². The average molecular weight is 442 g/mol. The van der Waals surface area contributed by atoms with Crippen LogP contribution >= 0.6 is 69.9 Å². The van der Waals surface area contributed by atoms with Crippen molar-refractivity contribution < 1.29 is 5.11 Å². The van der Waals surface area contributed by atoms with Gasteiger partial charge in [0.25, 0.3) is 0 Å². The maximum Gasteiger partial charge on any atom is 0.0721 e. The molecule has 0 fully saturated rings. The third-order valence-electron chi connectivity index (χ3n) is 3.13. The van der Waals surface area contributed by atoms with E-state index in [4.69, 9.17) is 46.4 Å². The number of hydrogen-bond donors (Lipinski definition) is 1. The lowest BCUT2D eigenvalue weighted by Crippen LogP contribution is -2.13. The maximum absolute atomic E-state index is 10.1. The van der Waals surface area contributed by atoms with Gasteiger partial charge in [-0.05, 0) is 35.4 Å². The molecule has 0 aliphatic carbocycles. The normalized spacial score (nSPS) is 11.2. The Morgan fingerprint density at radius 1 is 0.708 bits per heavy atom. The van der Waals surface area contributed by atoms with E-state index in [2.05, 4.69) is 0 Å². The van der Waals surface area contributed by atoms with Gasteiger partial charge in [-0.3, -0.25) is 0 Å². The SMILES string of the molecule is OC(CSCc1ccc(Cl)c(Cl)c1)CSCc1ccc(Cl)c(Cl)c1.